The Morgan fingerprint density at radius 2 is 1.89 bits per heavy atom. The van der Waals surface area contributed by atoms with Gasteiger partial charge >= 0.3 is 18.0 Å². The van der Waals surface area contributed by atoms with E-state index in [1.165, 1.54) is 4.57 Å². The van der Waals surface area contributed by atoms with Crippen molar-refractivity contribution in [3.8, 4) is 5.75 Å². The van der Waals surface area contributed by atoms with Gasteiger partial charge < -0.3 is 24.8 Å². The van der Waals surface area contributed by atoms with E-state index in [-0.39, 0.29) is 36.8 Å². The number of aryl methyl sites for hydroxylation is 1. The second-order valence-electron chi connectivity index (χ2n) is 8.94. The molecule has 1 atom stereocenters. The molecule has 2 aliphatic rings. The van der Waals surface area contributed by atoms with Gasteiger partial charge in [0.1, 0.15) is 18.5 Å². The maximum absolute atomic E-state index is 13.6. The lowest BCUT2D eigenvalue weighted by molar-refractivity contribution is -0.164. The molecule has 3 heterocycles. The van der Waals surface area contributed by atoms with E-state index in [0.717, 1.165) is 42.0 Å². The lowest BCUT2D eigenvalue weighted by Crippen LogP contribution is -2.72. The van der Waals surface area contributed by atoms with Crippen LogP contribution < -0.4 is 20.1 Å². The molecule has 3 N–H and O–H groups in total. The molecular weight excluding hydrogens is 544 g/mol. The average molecular weight is 565 g/mol. The first-order valence-corrected chi connectivity index (χ1v) is 11.8. The third-order valence-corrected chi connectivity index (χ3v) is 7.03. The fourth-order valence-electron chi connectivity index (χ4n) is 3.90. The van der Waals surface area contributed by atoms with Gasteiger partial charge in [-0.25, -0.2) is 17.9 Å². The van der Waals surface area contributed by atoms with Gasteiger partial charge in [0.25, 0.3) is 12.3 Å². The number of benzene rings is 1. The van der Waals surface area contributed by atoms with Gasteiger partial charge in [0.2, 0.25) is 0 Å². The van der Waals surface area contributed by atoms with Gasteiger partial charge in [-0.3, -0.25) is 14.4 Å². The SMILES string of the molecule is C[C@H](NC(=O)C(=O)N1CC2(COc3c(cn(C)c3C(=O)Nc3ccc(F)c(C(F)F)c3)SN2)C1)C(F)(F)F. The molecule has 1 fully saturated rings. The quantitative estimate of drug-likeness (QED) is 0.299. The summed E-state index contributed by atoms with van der Waals surface area (Å²) in [6.45, 7) is 0.569. The van der Waals surface area contributed by atoms with E-state index in [1.54, 1.807) is 18.6 Å². The van der Waals surface area contributed by atoms with Crippen molar-refractivity contribution >= 4 is 35.4 Å². The van der Waals surface area contributed by atoms with Crippen LogP contribution in [0.3, 0.4) is 0 Å². The van der Waals surface area contributed by atoms with E-state index in [4.69, 9.17) is 4.74 Å². The number of aromatic nitrogens is 1. The normalized spacial score (nSPS) is 17.2. The topological polar surface area (TPSA) is 105 Å². The molecule has 1 aromatic carbocycles. The second kappa shape index (κ2) is 10.1. The van der Waals surface area contributed by atoms with E-state index in [9.17, 15) is 40.7 Å². The van der Waals surface area contributed by atoms with Gasteiger partial charge in [-0.2, -0.15) is 13.2 Å². The van der Waals surface area contributed by atoms with Crippen molar-refractivity contribution in [3.05, 3.63) is 41.5 Å². The average Bonchev–Trinajstić information content (AvgIpc) is 3.01. The van der Waals surface area contributed by atoms with Gasteiger partial charge in [0.15, 0.2) is 11.4 Å². The zero-order valence-corrected chi connectivity index (χ0v) is 20.6. The molecular formula is C22H21F6N5O4S. The lowest BCUT2D eigenvalue weighted by atomic mass is 9.92. The monoisotopic (exact) mass is 565 g/mol. The van der Waals surface area contributed by atoms with E-state index in [0.29, 0.717) is 4.90 Å². The summed E-state index contributed by atoms with van der Waals surface area (Å²) < 4.78 is 88.0. The van der Waals surface area contributed by atoms with Crippen LogP contribution in [0.15, 0.2) is 29.3 Å². The number of ether oxygens (including phenoxy) is 1. The van der Waals surface area contributed by atoms with Gasteiger partial charge in [0, 0.05) is 32.0 Å². The summed E-state index contributed by atoms with van der Waals surface area (Å²) in [5.41, 5.74) is -1.72. The van der Waals surface area contributed by atoms with Crippen LogP contribution in [0.2, 0.25) is 0 Å². The molecule has 4 rings (SSSR count). The van der Waals surface area contributed by atoms with E-state index < -0.39 is 53.3 Å². The Labute approximate surface area is 216 Å². The van der Waals surface area contributed by atoms with Crippen molar-refractivity contribution in [3.63, 3.8) is 0 Å². The number of nitrogens with one attached hydrogen (secondary N) is 3. The molecule has 0 saturated carbocycles. The predicted octanol–water partition coefficient (Wildman–Crippen LogP) is 2.99. The first-order valence-electron chi connectivity index (χ1n) is 11.0. The van der Waals surface area contributed by atoms with Gasteiger partial charge in [-0.05, 0) is 37.1 Å². The summed E-state index contributed by atoms with van der Waals surface area (Å²) in [5, 5.41) is 4.06. The fourth-order valence-corrected chi connectivity index (χ4v) is 4.87. The first kappa shape index (κ1) is 27.6. The Morgan fingerprint density at radius 1 is 1.21 bits per heavy atom. The molecule has 1 aromatic heterocycles. The largest absolute Gasteiger partial charge is 0.488 e. The maximum atomic E-state index is 13.6. The predicted molar refractivity (Wildman–Crippen MR) is 122 cm³/mol. The first-order chi connectivity index (χ1) is 17.7. The lowest BCUT2D eigenvalue weighted by Gasteiger charge is -2.48. The molecule has 1 saturated heterocycles. The summed E-state index contributed by atoms with van der Waals surface area (Å²) in [6.07, 6.45) is -6.20. The molecule has 9 nitrogen and oxygen atoms in total. The van der Waals surface area contributed by atoms with Crippen molar-refractivity contribution in [2.24, 2.45) is 7.05 Å². The van der Waals surface area contributed by atoms with E-state index >= 15 is 0 Å². The summed E-state index contributed by atoms with van der Waals surface area (Å²) in [4.78, 5) is 38.7. The maximum Gasteiger partial charge on any atom is 0.408 e. The fraction of sp³-hybridized carbons (Fsp3) is 0.409. The van der Waals surface area contributed by atoms with Crippen LogP contribution in [0.4, 0.5) is 32.0 Å². The van der Waals surface area contributed by atoms with E-state index in [1.807, 2.05) is 0 Å². The highest BCUT2D eigenvalue weighted by molar-refractivity contribution is 7.97. The van der Waals surface area contributed by atoms with Crippen molar-refractivity contribution in [1.29, 1.82) is 0 Å². The molecule has 2 aromatic rings. The molecule has 0 radical (unpaired) electrons. The van der Waals surface area contributed by atoms with Gasteiger partial charge in [-0.1, -0.05) is 0 Å². The molecule has 38 heavy (non-hydrogen) atoms. The van der Waals surface area contributed by atoms with Crippen LogP contribution in [-0.2, 0) is 16.6 Å². The second-order valence-corrected chi connectivity index (χ2v) is 9.79. The minimum absolute atomic E-state index is 0.0436. The highest BCUT2D eigenvalue weighted by Gasteiger charge is 2.50. The number of hydrogen-bond donors (Lipinski definition) is 3. The van der Waals surface area contributed by atoms with Crippen LogP contribution in [0, 0.1) is 5.82 Å². The molecule has 0 aliphatic carbocycles. The van der Waals surface area contributed by atoms with Crippen LogP contribution in [0.1, 0.15) is 29.4 Å². The Morgan fingerprint density at radius 3 is 2.53 bits per heavy atom. The Kier molecular flexibility index (Phi) is 7.31. The molecule has 0 unspecified atom stereocenters. The number of hydrogen-bond acceptors (Lipinski definition) is 6. The van der Waals surface area contributed by atoms with Crippen molar-refractivity contribution < 1.29 is 45.5 Å². The summed E-state index contributed by atoms with van der Waals surface area (Å²) in [7, 11) is 1.56. The molecule has 206 valence electrons. The highest BCUT2D eigenvalue weighted by atomic mass is 32.2. The van der Waals surface area contributed by atoms with Gasteiger partial charge in [-0.15, -0.1) is 0 Å². The molecule has 3 amide bonds. The van der Waals surface area contributed by atoms with Crippen LogP contribution in [0.5, 0.6) is 5.75 Å². The Bertz CT molecular complexity index is 1280. The molecule has 16 heteroatoms. The Balaban J connectivity index is 1.41. The van der Waals surface area contributed by atoms with Crippen molar-refractivity contribution in [2.75, 3.05) is 25.0 Å². The number of rotatable bonds is 4. The number of anilines is 1. The summed E-state index contributed by atoms with van der Waals surface area (Å²) in [5.74, 6) is -4.16. The Hall–Kier alpha value is -3.40. The minimum atomic E-state index is -4.70. The van der Waals surface area contributed by atoms with Crippen molar-refractivity contribution in [1.82, 2.24) is 19.5 Å². The smallest absolute Gasteiger partial charge is 0.408 e. The van der Waals surface area contributed by atoms with Crippen LogP contribution in [-0.4, -0.2) is 64.6 Å². The summed E-state index contributed by atoms with van der Waals surface area (Å²) in [6, 6.07) is 0.590. The number of likely N-dealkylation sites (tertiary alicyclic amines) is 1. The third-order valence-electron chi connectivity index (χ3n) is 5.98. The van der Waals surface area contributed by atoms with Crippen LogP contribution >= 0.6 is 11.9 Å². The van der Waals surface area contributed by atoms with Gasteiger partial charge in [0.05, 0.1) is 16.0 Å². The number of alkyl halides is 5. The molecule has 1 spiro atoms. The third kappa shape index (κ3) is 5.41. The number of halogens is 6. The zero-order chi connectivity index (χ0) is 28.0. The minimum Gasteiger partial charge on any atom is -0.488 e. The van der Waals surface area contributed by atoms with E-state index in [2.05, 4.69) is 10.0 Å². The van der Waals surface area contributed by atoms with Crippen molar-refractivity contribution in [2.45, 2.75) is 36.0 Å². The molecule has 0 bridgehead atoms. The van der Waals surface area contributed by atoms with Crippen LogP contribution in [0.25, 0.3) is 0 Å². The number of carbonyl (C=O) groups excluding carboxylic acids is 3. The molecule has 2 aliphatic heterocycles. The number of fused-ring (bicyclic) bond motifs is 1. The standard InChI is InChI=1S/C22H21F6N5O4S/c1-10(22(26,27)28)29-19(35)20(36)33-7-21(8-33)9-37-16-14(38-31-21)6-32(2)15(16)18(34)30-11-3-4-13(23)12(5-11)17(24)25/h3-6,10,17,31H,7-9H2,1-2H3,(H,29,35)(H,30,34)/t10-/m0/s1. The summed E-state index contributed by atoms with van der Waals surface area (Å²) >= 11 is 1.08. The number of carbonyl (C=O) groups is 3. The zero-order valence-electron chi connectivity index (χ0n) is 19.8. The highest BCUT2D eigenvalue weighted by Crippen LogP contribution is 2.39. The number of nitrogens with zero attached hydrogens (tertiary/aromatic N) is 2. The number of amides is 3.